The number of hydrogen-bond donors (Lipinski definition) is 1. The van der Waals surface area contributed by atoms with Crippen LogP contribution in [0.1, 0.15) is 23.2 Å². The molecule has 0 aromatic heterocycles. The Morgan fingerprint density at radius 3 is 1.96 bits per heavy atom. The van der Waals surface area contributed by atoms with Crippen LogP contribution in [0.5, 0.6) is 0 Å². The first kappa shape index (κ1) is 16.2. The highest BCUT2D eigenvalue weighted by Gasteiger charge is 2.27. The van der Waals surface area contributed by atoms with Crippen molar-refractivity contribution in [3.05, 3.63) is 42.0 Å². The zero-order valence-corrected chi connectivity index (χ0v) is 11.8. The van der Waals surface area contributed by atoms with E-state index in [9.17, 15) is 24.0 Å². The fourth-order valence-electron chi connectivity index (χ4n) is 1.96. The van der Waals surface area contributed by atoms with Crippen LogP contribution in [0.15, 0.2) is 36.4 Å². The average Bonchev–Trinajstić information content (AvgIpc) is 3.04. The third-order valence-corrected chi connectivity index (χ3v) is 3.10. The van der Waals surface area contributed by atoms with Crippen LogP contribution in [-0.2, 0) is 19.2 Å². The van der Waals surface area contributed by atoms with Crippen LogP contribution in [0.25, 0.3) is 0 Å². The van der Waals surface area contributed by atoms with Crippen LogP contribution >= 0.6 is 0 Å². The molecule has 8 heteroatoms. The minimum atomic E-state index is -0.505. The lowest BCUT2D eigenvalue weighted by Gasteiger charge is -2.13. The Hall–Kier alpha value is -3.13. The first-order valence-electron chi connectivity index (χ1n) is 6.60. The molecule has 1 aromatic rings. The quantitative estimate of drug-likeness (QED) is 0.482. The molecule has 23 heavy (non-hydrogen) atoms. The van der Waals surface area contributed by atoms with Gasteiger partial charge in [-0.05, 0) is 12.1 Å². The third-order valence-electron chi connectivity index (χ3n) is 3.10. The lowest BCUT2D eigenvalue weighted by molar-refractivity contribution is -0.171. The molecular weight excluding hydrogens is 304 g/mol. The molecule has 4 amide bonds. The van der Waals surface area contributed by atoms with Crippen molar-refractivity contribution in [3.63, 3.8) is 0 Å². The fraction of sp³-hybridized carbons (Fsp3) is 0.133. The molecule has 1 N–H and O–H groups in total. The zero-order chi connectivity index (χ0) is 17.0. The molecule has 0 aliphatic carbocycles. The third kappa shape index (κ3) is 3.55. The van der Waals surface area contributed by atoms with Gasteiger partial charge in [0.25, 0.3) is 23.6 Å². The van der Waals surface area contributed by atoms with Gasteiger partial charge in [-0.1, -0.05) is 12.1 Å². The Morgan fingerprint density at radius 2 is 1.52 bits per heavy atom. The molecule has 2 aliphatic rings. The number of rotatable bonds is 2. The highest BCUT2D eigenvalue weighted by Crippen LogP contribution is 2.19. The number of hydroxylamine groups is 2. The highest BCUT2D eigenvalue weighted by molar-refractivity contribution is 6.28. The first-order valence-corrected chi connectivity index (χ1v) is 6.60. The minimum Gasteiger partial charge on any atom is -0.298 e. The lowest BCUT2D eigenvalue weighted by atomic mass is 10.2. The number of benzene rings is 1. The number of carbonyl (C=O) groups excluding carboxylic acids is 5. The largest absolute Gasteiger partial charge is 0.298 e. The van der Waals surface area contributed by atoms with Crippen LogP contribution in [0, 0.1) is 0 Å². The summed E-state index contributed by atoms with van der Waals surface area (Å²) in [6, 6.07) is 6.33. The molecule has 8 nitrogen and oxygen atoms in total. The van der Waals surface area contributed by atoms with E-state index >= 15 is 0 Å². The van der Waals surface area contributed by atoms with Crippen LogP contribution in [-0.4, -0.2) is 40.2 Å². The fourth-order valence-corrected chi connectivity index (χ4v) is 1.96. The molecular formula is C15H12N2O6. The van der Waals surface area contributed by atoms with E-state index in [0.29, 0.717) is 17.5 Å². The molecule has 2 aliphatic heterocycles. The molecule has 0 radical (unpaired) electrons. The van der Waals surface area contributed by atoms with Crippen molar-refractivity contribution in [2.75, 3.05) is 4.90 Å². The smallest absolute Gasteiger partial charge is 0.258 e. The average molecular weight is 316 g/mol. The van der Waals surface area contributed by atoms with Gasteiger partial charge in [-0.15, -0.1) is 0 Å². The predicted octanol–water partition coefficient (Wildman–Crippen LogP) is 0.453. The highest BCUT2D eigenvalue weighted by atomic mass is 16.5. The van der Waals surface area contributed by atoms with E-state index in [4.69, 9.17) is 5.21 Å². The maximum absolute atomic E-state index is 11.3. The van der Waals surface area contributed by atoms with E-state index in [0.717, 1.165) is 4.90 Å². The monoisotopic (exact) mass is 316 g/mol. The Balaban J connectivity index is 0.000000203. The number of anilines is 1. The van der Waals surface area contributed by atoms with Gasteiger partial charge < -0.3 is 0 Å². The second kappa shape index (κ2) is 6.75. The predicted molar refractivity (Wildman–Crippen MR) is 76.3 cm³/mol. The van der Waals surface area contributed by atoms with Gasteiger partial charge in [-0.2, -0.15) is 5.06 Å². The van der Waals surface area contributed by atoms with E-state index in [2.05, 4.69) is 0 Å². The second-order valence-electron chi connectivity index (χ2n) is 4.66. The second-order valence-corrected chi connectivity index (χ2v) is 4.66. The van der Waals surface area contributed by atoms with Crippen molar-refractivity contribution in [2.24, 2.45) is 0 Å². The summed E-state index contributed by atoms with van der Waals surface area (Å²) < 4.78 is 0. The molecule has 1 saturated heterocycles. The molecule has 1 aromatic carbocycles. The summed E-state index contributed by atoms with van der Waals surface area (Å²) in [4.78, 5) is 54.7. The van der Waals surface area contributed by atoms with Crippen molar-refractivity contribution >= 4 is 35.6 Å². The van der Waals surface area contributed by atoms with Gasteiger partial charge in [0.2, 0.25) is 0 Å². The van der Waals surface area contributed by atoms with Crippen molar-refractivity contribution in [2.45, 2.75) is 12.8 Å². The number of amides is 4. The zero-order valence-electron chi connectivity index (χ0n) is 11.8. The van der Waals surface area contributed by atoms with Crippen molar-refractivity contribution < 1.29 is 29.2 Å². The van der Waals surface area contributed by atoms with Crippen LogP contribution in [0.4, 0.5) is 5.69 Å². The standard InChI is InChI=1S/C11H7NO3.C4H5NO3/c13-7-8-2-1-3-9(6-8)12-10(14)4-5-11(12)15;6-3-1-2-4(7)5(3)8/h1-7H;8H,1-2H2. The minimum absolute atomic E-state index is 0.148. The molecule has 2 heterocycles. The molecule has 118 valence electrons. The van der Waals surface area contributed by atoms with Crippen LogP contribution < -0.4 is 4.90 Å². The number of hydrogen-bond acceptors (Lipinski definition) is 6. The van der Waals surface area contributed by atoms with E-state index in [-0.39, 0.29) is 29.7 Å². The van der Waals surface area contributed by atoms with Gasteiger partial charge in [0.1, 0.15) is 6.29 Å². The maximum atomic E-state index is 11.3. The summed E-state index contributed by atoms with van der Waals surface area (Å²) in [5.74, 6) is -1.78. The van der Waals surface area contributed by atoms with Gasteiger partial charge in [-0.3, -0.25) is 29.2 Å². The summed E-state index contributed by atoms with van der Waals surface area (Å²) in [7, 11) is 0. The van der Waals surface area contributed by atoms with E-state index in [1.54, 1.807) is 18.2 Å². The number of nitrogens with zero attached hydrogens (tertiary/aromatic N) is 2. The molecule has 3 rings (SSSR count). The van der Waals surface area contributed by atoms with Crippen molar-refractivity contribution in [3.8, 4) is 0 Å². The molecule has 1 fully saturated rings. The van der Waals surface area contributed by atoms with Gasteiger partial charge in [0.05, 0.1) is 5.69 Å². The Labute approximate surface area is 130 Å². The number of carbonyl (C=O) groups is 5. The SMILES string of the molecule is O=C1CCC(=O)N1O.O=Cc1cccc(N2C(=O)C=CC2=O)c1. The number of imide groups is 2. The van der Waals surface area contributed by atoms with E-state index < -0.39 is 11.8 Å². The summed E-state index contributed by atoms with van der Waals surface area (Å²) in [5, 5.41) is 8.57. The van der Waals surface area contributed by atoms with Gasteiger partial charge in [0, 0.05) is 30.6 Å². The summed E-state index contributed by atoms with van der Waals surface area (Å²) >= 11 is 0. The topological polar surface area (TPSA) is 112 Å². The Morgan fingerprint density at radius 1 is 0.957 bits per heavy atom. The van der Waals surface area contributed by atoms with Crippen molar-refractivity contribution in [1.82, 2.24) is 5.06 Å². The van der Waals surface area contributed by atoms with Crippen molar-refractivity contribution in [1.29, 1.82) is 0 Å². The van der Waals surface area contributed by atoms with Crippen LogP contribution in [0.2, 0.25) is 0 Å². The maximum Gasteiger partial charge on any atom is 0.258 e. The first-order chi connectivity index (χ1) is 10.9. The summed E-state index contributed by atoms with van der Waals surface area (Å²) in [6.45, 7) is 0. The summed E-state index contributed by atoms with van der Waals surface area (Å²) in [6.07, 6.45) is 3.37. The van der Waals surface area contributed by atoms with Gasteiger partial charge >= 0.3 is 0 Å². The number of aldehydes is 1. The normalized spacial score (nSPS) is 16.7. The van der Waals surface area contributed by atoms with Gasteiger partial charge in [-0.25, -0.2) is 4.90 Å². The Kier molecular flexibility index (Phi) is 4.77. The summed E-state index contributed by atoms with van der Waals surface area (Å²) in [5.41, 5.74) is 0.847. The molecule has 0 bridgehead atoms. The van der Waals surface area contributed by atoms with Gasteiger partial charge in [0.15, 0.2) is 0 Å². The molecule has 0 atom stereocenters. The van der Waals surface area contributed by atoms with Crippen LogP contribution in [0.3, 0.4) is 0 Å². The Bertz CT molecular complexity index is 690. The van der Waals surface area contributed by atoms with E-state index in [1.807, 2.05) is 0 Å². The lowest BCUT2D eigenvalue weighted by Crippen LogP contribution is -2.29. The molecule has 0 saturated carbocycles. The molecule has 0 unspecified atom stereocenters. The molecule has 0 spiro atoms. The van der Waals surface area contributed by atoms with E-state index in [1.165, 1.54) is 18.2 Å².